The lowest BCUT2D eigenvalue weighted by Gasteiger charge is -2.13. The summed E-state index contributed by atoms with van der Waals surface area (Å²) in [6.45, 7) is 3.20. The van der Waals surface area contributed by atoms with Crippen LogP contribution in [0.25, 0.3) is 0 Å². The molecule has 0 amide bonds. The Bertz CT molecular complexity index is 404. The quantitative estimate of drug-likeness (QED) is 0.402. The van der Waals surface area contributed by atoms with E-state index in [9.17, 15) is 8.42 Å². The van der Waals surface area contributed by atoms with Gasteiger partial charge in [-0.2, -0.15) is 0 Å². The minimum Gasteiger partial charge on any atom is -0.260 e. The Morgan fingerprint density at radius 2 is 2.22 bits per heavy atom. The highest BCUT2D eigenvalue weighted by Crippen LogP contribution is 2.19. The molecule has 0 aromatic heterocycles. The van der Waals surface area contributed by atoms with Gasteiger partial charge in [0, 0.05) is 36.0 Å². The largest absolute Gasteiger partial charge is 0.260 e. The fourth-order valence-corrected chi connectivity index (χ4v) is 3.51. The highest BCUT2D eigenvalue weighted by molar-refractivity contribution is 14.1. The van der Waals surface area contributed by atoms with Crippen LogP contribution >= 0.6 is 22.9 Å². The zero-order valence-electron chi connectivity index (χ0n) is 10.7. The Hall–Kier alpha value is 0.0800. The summed E-state index contributed by atoms with van der Waals surface area (Å²) >= 11 is 2.00. The molecule has 104 valence electrons. The van der Waals surface area contributed by atoms with Crippen LogP contribution in [-0.2, 0) is 10.0 Å². The SMILES string of the molecule is CCCC1=CCCC(S(=O)(=O)NCCNI)C=C1. The van der Waals surface area contributed by atoms with Gasteiger partial charge in [-0.25, -0.2) is 13.1 Å². The molecule has 0 aromatic rings. The van der Waals surface area contributed by atoms with Crippen LogP contribution in [-0.4, -0.2) is 26.8 Å². The molecule has 0 aromatic carbocycles. The van der Waals surface area contributed by atoms with Gasteiger partial charge in [0.25, 0.3) is 0 Å². The van der Waals surface area contributed by atoms with Gasteiger partial charge in [-0.1, -0.05) is 37.1 Å². The van der Waals surface area contributed by atoms with E-state index in [0.717, 1.165) is 19.3 Å². The molecular weight excluding hydrogens is 363 g/mol. The Balaban J connectivity index is 2.60. The molecule has 0 bridgehead atoms. The molecule has 18 heavy (non-hydrogen) atoms. The molecule has 0 aliphatic heterocycles. The van der Waals surface area contributed by atoms with E-state index in [-0.39, 0.29) is 0 Å². The van der Waals surface area contributed by atoms with Gasteiger partial charge in [-0.05, 0) is 19.3 Å². The third kappa shape index (κ3) is 5.38. The predicted molar refractivity (Wildman–Crippen MR) is 84.1 cm³/mol. The van der Waals surface area contributed by atoms with Crippen molar-refractivity contribution in [2.75, 3.05) is 13.1 Å². The zero-order chi connectivity index (χ0) is 13.4. The number of allylic oxidation sites excluding steroid dienone is 3. The van der Waals surface area contributed by atoms with Gasteiger partial charge in [0.05, 0.1) is 5.25 Å². The van der Waals surface area contributed by atoms with Crippen molar-refractivity contribution in [3.8, 4) is 0 Å². The maximum Gasteiger partial charge on any atom is 0.218 e. The van der Waals surface area contributed by atoms with Gasteiger partial charge >= 0.3 is 0 Å². The third-order valence-electron chi connectivity index (χ3n) is 2.84. The summed E-state index contributed by atoms with van der Waals surface area (Å²) in [5.41, 5.74) is 1.25. The normalized spacial score (nSPS) is 20.6. The maximum absolute atomic E-state index is 12.1. The lowest BCUT2D eigenvalue weighted by Crippen LogP contribution is -2.36. The summed E-state index contributed by atoms with van der Waals surface area (Å²) in [5.74, 6) is 0. The summed E-state index contributed by atoms with van der Waals surface area (Å²) in [7, 11) is -3.23. The van der Waals surface area contributed by atoms with Gasteiger partial charge in [0.2, 0.25) is 10.0 Å². The Labute approximate surface area is 124 Å². The smallest absolute Gasteiger partial charge is 0.218 e. The molecule has 0 radical (unpaired) electrons. The van der Waals surface area contributed by atoms with Crippen LogP contribution in [0.2, 0.25) is 0 Å². The predicted octanol–water partition coefficient (Wildman–Crippen LogP) is 2.29. The van der Waals surface area contributed by atoms with E-state index in [4.69, 9.17) is 0 Å². The lowest BCUT2D eigenvalue weighted by atomic mass is 10.1. The standard InChI is InChI=1S/C12H21IN2O2S/c1-2-4-11-5-3-6-12(8-7-11)18(16,17)15-10-9-14-13/h5,7-8,12,14-15H,2-4,6,9-10H2,1H3. The molecule has 4 nitrogen and oxygen atoms in total. The van der Waals surface area contributed by atoms with Crippen LogP contribution in [0.5, 0.6) is 0 Å². The number of hydrogen-bond donors (Lipinski definition) is 2. The zero-order valence-corrected chi connectivity index (χ0v) is 13.6. The monoisotopic (exact) mass is 384 g/mol. The fourth-order valence-electron chi connectivity index (χ4n) is 1.91. The van der Waals surface area contributed by atoms with Crippen LogP contribution < -0.4 is 8.25 Å². The van der Waals surface area contributed by atoms with E-state index in [2.05, 4.69) is 21.3 Å². The van der Waals surface area contributed by atoms with E-state index in [1.54, 1.807) is 0 Å². The number of sulfonamides is 1. The van der Waals surface area contributed by atoms with Crippen molar-refractivity contribution < 1.29 is 8.42 Å². The minimum atomic E-state index is -3.23. The Morgan fingerprint density at radius 1 is 1.44 bits per heavy atom. The van der Waals surface area contributed by atoms with Crippen molar-refractivity contribution in [1.29, 1.82) is 0 Å². The highest BCUT2D eigenvalue weighted by atomic mass is 127. The van der Waals surface area contributed by atoms with E-state index in [1.807, 2.05) is 35.0 Å². The van der Waals surface area contributed by atoms with Gasteiger partial charge in [-0.3, -0.25) is 3.53 Å². The average molecular weight is 384 g/mol. The van der Waals surface area contributed by atoms with E-state index < -0.39 is 15.3 Å². The second-order valence-electron chi connectivity index (χ2n) is 4.33. The Kier molecular flexibility index (Phi) is 7.43. The van der Waals surface area contributed by atoms with Crippen molar-refractivity contribution in [3.05, 3.63) is 23.8 Å². The van der Waals surface area contributed by atoms with Gasteiger partial charge in [-0.15, -0.1) is 0 Å². The Morgan fingerprint density at radius 3 is 2.89 bits per heavy atom. The summed E-state index contributed by atoms with van der Waals surface area (Å²) < 4.78 is 29.7. The molecule has 1 atom stereocenters. The average Bonchev–Trinajstić information content (AvgIpc) is 2.56. The third-order valence-corrected chi connectivity index (χ3v) is 5.18. The van der Waals surface area contributed by atoms with Crippen molar-refractivity contribution in [1.82, 2.24) is 8.25 Å². The molecule has 0 heterocycles. The van der Waals surface area contributed by atoms with Crippen molar-refractivity contribution in [3.63, 3.8) is 0 Å². The summed E-state index contributed by atoms with van der Waals surface area (Å²) in [6, 6.07) is 0. The number of halogens is 1. The van der Waals surface area contributed by atoms with Crippen LogP contribution in [0.4, 0.5) is 0 Å². The molecular formula is C12H21IN2O2S. The van der Waals surface area contributed by atoms with Crippen molar-refractivity contribution >= 4 is 32.9 Å². The molecule has 1 aliphatic carbocycles. The van der Waals surface area contributed by atoms with Gasteiger partial charge in [0.1, 0.15) is 0 Å². The fraction of sp³-hybridized carbons (Fsp3) is 0.667. The first-order valence-electron chi connectivity index (χ1n) is 6.29. The van der Waals surface area contributed by atoms with Crippen LogP contribution in [0.3, 0.4) is 0 Å². The number of nitrogens with one attached hydrogen (secondary N) is 2. The van der Waals surface area contributed by atoms with E-state index >= 15 is 0 Å². The van der Waals surface area contributed by atoms with Crippen LogP contribution in [0.1, 0.15) is 32.6 Å². The topological polar surface area (TPSA) is 58.2 Å². The maximum atomic E-state index is 12.1. The summed E-state index contributed by atoms with van der Waals surface area (Å²) in [6.07, 6.45) is 9.56. The second-order valence-corrected chi connectivity index (χ2v) is 7.07. The number of rotatable bonds is 7. The highest BCUT2D eigenvalue weighted by Gasteiger charge is 2.22. The first-order chi connectivity index (χ1) is 8.60. The van der Waals surface area contributed by atoms with E-state index in [1.165, 1.54) is 5.57 Å². The number of hydrogen-bond acceptors (Lipinski definition) is 3. The molecule has 0 saturated heterocycles. The first-order valence-corrected chi connectivity index (χ1v) is 8.92. The molecule has 0 fully saturated rings. The van der Waals surface area contributed by atoms with Crippen molar-refractivity contribution in [2.24, 2.45) is 0 Å². The summed E-state index contributed by atoms with van der Waals surface area (Å²) in [5, 5.41) is -0.405. The molecule has 1 unspecified atom stereocenters. The molecule has 0 spiro atoms. The minimum absolute atomic E-state index is 0.405. The molecule has 2 N–H and O–H groups in total. The summed E-state index contributed by atoms with van der Waals surface area (Å²) in [4.78, 5) is 0. The van der Waals surface area contributed by atoms with Crippen LogP contribution in [0.15, 0.2) is 23.8 Å². The van der Waals surface area contributed by atoms with Gasteiger partial charge < -0.3 is 0 Å². The van der Waals surface area contributed by atoms with Gasteiger partial charge in [0.15, 0.2) is 0 Å². The molecule has 0 saturated carbocycles. The second kappa shape index (κ2) is 8.29. The molecule has 1 rings (SSSR count). The molecule has 1 aliphatic rings. The molecule has 6 heteroatoms. The lowest BCUT2D eigenvalue weighted by molar-refractivity contribution is 0.570. The van der Waals surface area contributed by atoms with Crippen molar-refractivity contribution in [2.45, 2.75) is 37.9 Å². The first kappa shape index (κ1) is 16.1. The van der Waals surface area contributed by atoms with Crippen LogP contribution in [0, 0.1) is 0 Å². The van der Waals surface area contributed by atoms with E-state index in [0.29, 0.717) is 19.5 Å².